The van der Waals surface area contributed by atoms with Crippen molar-refractivity contribution in [3.8, 4) is 0 Å². The maximum atomic E-state index is 12.8. The van der Waals surface area contributed by atoms with Gasteiger partial charge in [-0.15, -0.1) is 0 Å². The number of hydrogen-bond donors (Lipinski definition) is 0. The maximum Gasteiger partial charge on any atom is 0.412 e. The van der Waals surface area contributed by atoms with Crippen molar-refractivity contribution in [2.75, 3.05) is 38.1 Å². The first-order valence-electron chi connectivity index (χ1n) is 9.11. The van der Waals surface area contributed by atoms with Crippen molar-refractivity contribution in [3.63, 3.8) is 0 Å². The molecule has 4 rings (SSSR count). The largest absolute Gasteiger partial charge is 0.759 e. The van der Waals surface area contributed by atoms with Crippen molar-refractivity contribution < 1.29 is 31.8 Å². The van der Waals surface area contributed by atoms with Crippen molar-refractivity contribution in [3.05, 3.63) is 47.1 Å². The number of hydrogen-bond acceptors (Lipinski definition) is 11. The molecule has 32 heavy (non-hydrogen) atoms. The van der Waals surface area contributed by atoms with Crippen LogP contribution in [0.25, 0.3) is 0 Å². The van der Waals surface area contributed by atoms with Gasteiger partial charge in [0.1, 0.15) is 11.5 Å². The van der Waals surface area contributed by atoms with Gasteiger partial charge in [-0.2, -0.15) is 0 Å². The molecule has 2 amide bonds. The molecular formula is C17H17ClN6O7S-2. The smallest absolute Gasteiger partial charge is 0.412 e. The molecule has 13 nitrogen and oxygen atoms in total. The molecule has 0 aromatic carbocycles. The molecule has 0 spiro atoms. The van der Waals surface area contributed by atoms with E-state index in [-0.39, 0.29) is 5.69 Å². The normalized spacial score (nSPS) is 18.6. The number of fused-ring (bicyclic) bond motifs is 1. The van der Waals surface area contributed by atoms with Crippen molar-refractivity contribution in [1.82, 2.24) is 24.8 Å². The number of pyridine rings is 1. The quantitative estimate of drug-likeness (QED) is 0.421. The van der Waals surface area contributed by atoms with Crippen LogP contribution in [-0.2, 0) is 15.1 Å². The lowest BCUT2D eigenvalue weighted by Gasteiger charge is -2.33. The van der Waals surface area contributed by atoms with Crippen LogP contribution in [0.2, 0.25) is 5.02 Å². The van der Waals surface area contributed by atoms with E-state index in [1.807, 2.05) is 7.05 Å². The van der Waals surface area contributed by atoms with Crippen LogP contribution in [0, 0.1) is 0 Å². The Hall–Kier alpha value is -2.91. The molecule has 1 atom stereocenters. The Balaban J connectivity index is 0.000000523. The van der Waals surface area contributed by atoms with Gasteiger partial charge in [-0.05, 0) is 19.2 Å². The highest BCUT2D eigenvalue weighted by atomic mass is 35.5. The minimum atomic E-state index is -5.17. The standard InChI is InChI=1S/C17H17ClN6O3.H2O4S/c1-22-6-8-23(9-7-22)17(26)27-16-14-13(19-4-5-20-14)15(25)24(16)12-3-2-11(18)10-21-12;1-5(2,3)4/h2-5,10,16H,6-9H2,1H3;(H2,1,2,3,4)/p-2/t16-;/m0./s1. The minimum absolute atomic E-state index is 0.144. The highest BCUT2D eigenvalue weighted by molar-refractivity contribution is 7.79. The van der Waals surface area contributed by atoms with Gasteiger partial charge in [0, 0.05) is 55.2 Å². The van der Waals surface area contributed by atoms with E-state index in [1.54, 1.807) is 17.0 Å². The number of nitrogens with zero attached hydrogens (tertiary/aromatic N) is 6. The summed E-state index contributed by atoms with van der Waals surface area (Å²) in [5, 5.41) is 0.435. The van der Waals surface area contributed by atoms with Gasteiger partial charge >= 0.3 is 6.09 Å². The Bertz CT molecular complexity index is 1080. The summed E-state index contributed by atoms with van der Waals surface area (Å²) in [6.45, 7) is 2.64. The summed E-state index contributed by atoms with van der Waals surface area (Å²) in [6, 6.07) is 3.20. The van der Waals surface area contributed by atoms with Gasteiger partial charge in [-0.25, -0.2) is 19.7 Å². The molecule has 2 aliphatic rings. The monoisotopic (exact) mass is 484 g/mol. The number of ether oxygens (including phenoxy) is 1. The summed E-state index contributed by atoms with van der Waals surface area (Å²) < 4.78 is 39.8. The Morgan fingerprint density at radius 2 is 1.75 bits per heavy atom. The van der Waals surface area contributed by atoms with Crippen LogP contribution < -0.4 is 4.90 Å². The Kier molecular flexibility index (Phi) is 7.20. The third kappa shape index (κ3) is 5.86. The average Bonchev–Trinajstić information content (AvgIpc) is 3.00. The summed E-state index contributed by atoms with van der Waals surface area (Å²) in [5.41, 5.74) is 0.437. The fraction of sp³-hybridized carbons (Fsp3) is 0.353. The summed E-state index contributed by atoms with van der Waals surface area (Å²) in [5.74, 6) is -0.121. The summed E-state index contributed by atoms with van der Waals surface area (Å²) in [7, 11) is -3.17. The van der Waals surface area contributed by atoms with Gasteiger partial charge < -0.3 is 23.6 Å². The van der Waals surface area contributed by atoms with Crippen LogP contribution in [0.15, 0.2) is 30.7 Å². The average molecular weight is 485 g/mol. The molecule has 172 valence electrons. The lowest BCUT2D eigenvalue weighted by atomic mass is 10.3. The number of carbonyl (C=O) groups is 2. The van der Waals surface area contributed by atoms with E-state index >= 15 is 0 Å². The molecule has 1 saturated heterocycles. The van der Waals surface area contributed by atoms with Crippen molar-refractivity contribution in [2.24, 2.45) is 0 Å². The molecule has 2 aromatic rings. The van der Waals surface area contributed by atoms with E-state index in [2.05, 4.69) is 19.9 Å². The number of carbonyl (C=O) groups excluding carboxylic acids is 2. The SMILES string of the molecule is CN1CCN(C(=O)O[C@H]2c3nccnc3C(=O)N2c2ccc(Cl)cn2)CC1.O=S(=O)([O-])[O-]. The zero-order valence-electron chi connectivity index (χ0n) is 16.6. The number of piperazine rings is 1. The van der Waals surface area contributed by atoms with Crippen LogP contribution in [-0.4, -0.2) is 87.5 Å². The lowest BCUT2D eigenvalue weighted by Crippen LogP contribution is -2.48. The summed E-state index contributed by atoms with van der Waals surface area (Å²) in [4.78, 5) is 43.0. The minimum Gasteiger partial charge on any atom is -0.759 e. The van der Waals surface area contributed by atoms with Gasteiger partial charge in [-0.1, -0.05) is 11.6 Å². The van der Waals surface area contributed by atoms with Crippen LogP contribution in [0.1, 0.15) is 22.4 Å². The van der Waals surface area contributed by atoms with E-state index in [4.69, 9.17) is 33.9 Å². The second-order valence-corrected chi connectivity index (χ2v) is 7.99. The number of amides is 2. The maximum absolute atomic E-state index is 12.8. The fourth-order valence-electron chi connectivity index (χ4n) is 3.04. The zero-order chi connectivity index (χ0) is 23.5. The van der Waals surface area contributed by atoms with Gasteiger partial charge in [-0.3, -0.25) is 18.2 Å². The first kappa shape index (κ1) is 23.7. The molecule has 15 heteroatoms. The summed E-state index contributed by atoms with van der Waals surface area (Å²) in [6.07, 6.45) is 2.78. The van der Waals surface area contributed by atoms with Gasteiger partial charge in [0.2, 0.25) is 6.23 Å². The summed E-state index contributed by atoms with van der Waals surface area (Å²) >= 11 is 5.89. The van der Waals surface area contributed by atoms with E-state index < -0.39 is 28.6 Å². The third-order valence-electron chi connectivity index (χ3n) is 4.55. The Morgan fingerprint density at radius 3 is 2.34 bits per heavy atom. The number of rotatable bonds is 2. The molecule has 1 fully saturated rings. The van der Waals surface area contributed by atoms with Crippen LogP contribution in [0.4, 0.5) is 10.6 Å². The van der Waals surface area contributed by atoms with Gasteiger partial charge in [0.15, 0.2) is 5.69 Å². The molecule has 0 aliphatic carbocycles. The van der Waals surface area contributed by atoms with Crippen LogP contribution >= 0.6 is 11.6 Å². The number of halogens is 1. The first-order valence-corrected chi connectivity index (χ1v) is 10.8. The van der Waals surface area contributed by atoms with E-state index in [0.29, 0.717) is 29.6 Å². The first-order chi connectivity index (χ1) is 15.0. The molecule has 2 aromatic heterocycles. The fourth-order valence-corrected chi connectivity index (χ4v) is 3.15. The highest BCUT2D eigenvalue weighted by Crippen LogP contribution is 2.35. The molecule has 0 N–H and O–H groups in total. The molecule has 0 bridgehead atoms. The van der Waals surface area contributed by atoms with Gasteiger partial charge in [0.05, 0.1) is 5.02 Å². The van der Waals surface area contributed by atoms with Crippen molar-refractivity contribution in [2.45, 2.75) is 6.23 Å². The Morgan fingerprint density at radius 1 is 1.12 bits per heavy atom. The lowest BCUT2D eigenvalue weighted by molar-refractivity contribution is 0.0476. The predicted molar refractivity (Wildman–Crippen MR) is 107 cm³/mol. The molecule has 0 unspecified atom stereocenters. The van der Waals surface area contributed by atoms with Crippen LogP contribution in [0.3, 0.4) is 0 Å². The van der Waals surface area contributed by atoms with Crippen LogP contribution in [0.5, 0.6) is 0 Å². The predicted octanol–water partition coefficient (Wildman–Crippen LogP) is 0.230. The second kappa shape index (κ2) is 9.70. The molecule has 0 radical (unpaired) electrons. The number of anilines is 1. The van der Waals surface area contributed by atoms with E-state index in [9.17, 15) is 9.59 Å². The van der Waals surface area contributed by atoms with Gasteiger partial charge in [0.25, 0.3) is 5.91 Å². The van der Waals surface area contributed by atoms with E-state index in [0.717, 1.165) is 13.1 Å². The molecule has 0 saturated carbocycles. The molecule has 4 heterocycles. The second-order valence-electron chi connectivity index (χ2n) is 6.73. The Labute approximate surface area is 188 Å². The number of likely N-dealkylation sites (N-methyl/N-ethyl adjacent to an activating group) is 1. The number of aromatic nitrogens is 3. The molecular weight excluding hydrogens is 468 g/mol. The third-order valence-corrected chi connectivity index (χ3v) is 4.77. The van der Waals surface area contributed by atoms with Crippen molar-refractivity contribution >= 4 is 39.8 Å². The topological polar surface area (TPSA) is 172 Å². The zero-order valence-corrected chi connectivity index (χ0v) is 18.2. The highest BCUT2D eigenvalue weighted by Gasteiger charge is 2.44. The van der Waals surface area contributed by atoms with Crippen molar-refractivity contribution in [1.29, 1.82) is 0 Å². The van der Waals surface area contributed by atoms with E-state index in [1.165, 1.54) is 23.5 Å². The molecule has 2 aliphatic heterocycles.